The van der Waals surface area contributed by atoms with Crippen LogP contribution in [0.5, 0.6) is 0 Å². The van der Waals surface area contributed by atoms with Crippen LogP contribution in [0.2, 0.25) is 0 Å². The maximum absolute atomic E-state index is 11.4. The van der Waals surface area contributed by atoms with Crippen molar-refractivity contribution < 1.29 is 19.4 Å². The highest BCUT2D eigenvalue weighted by Crippen LogP contribution is 2.21. The van der Waals surface area contributed by atoms with Gasteiger partial charge in [-0.05, 0) is 32.6 Å². The van der Waals surface area contributed by atoms with Crippen molar-refractivity contribution in [1.29, 1.82) is 0 Å². The smallest absolute Gasteiger partial charge is 0.407 e. The number of aliphatic carboxylic acids is 1. The number of ether oxygens (including phenoxy) is 1. The lowest BCUT2D eigenvalue weighted by molar-refractivity contribution is -0.138. The molecule has 118 valence electrons. The van der Waals surface area contributed by atoms with Crippen LogP contribution >= 0.6 is 0 Å². The van der Waals surface area contributed by atoms with E-state index in [0.29, 0.717) is 32.4 Å². The summed E-state index contributed by atoms with van der Waals surface area (Å²) < 4.78 is 5.09. The van der Waals surface area contributed by atoms with Crippen LogP contribution < -0.4 is 11.1 Å². The van der Waals surface area contributed by atoms with Crippen molar-refractivity contribution in [2.24, 2.45) is 5.73 Å². The fourth-order valence-corrected chi connectivity index (χ4v) is 2.08. The molecule has 4 N–H and O–H groups in total. The number of unbranched alkanes of at least 4 members (excludes halogenated alkanes) is 1. The highest BCUT2D eigenvalue weighted by atomic mass is 16.5. The lowest BCUT2D eigenvalue weighted by atomic mass is 10.1. The highest BCUT2D eigenvalue weighted by molar-refractivity contribution is 5.72. The first-order chi connectivity index (χ1) is 10.0. The molecular weight excluding hydrogens is 272 g/mol. The van der Waals surface area contributed by atoms with Crippen LogP contribution in [0.15, 0.2) is 23.3 Å². The summed E-state index contributed by atoms with van der Waals surface area (Å²) in [6, 6.07) is -0.825. The zero-order valence-corrected chi connectivity index (χ0v) is 12.4. The minimum absolute atomic E-state index is 0.379. The summed E-state index contributed by atoms with van der Waals surface area (Å²) in [6.07, 6.45) is 7.22. The lowest BCUT2D eigenvalue weighted by Crippen LogP contribution is -2.30. The van der Waals surface area contributed by atoms with Crippen LogP contribution in [-0.4, -0.2) is 36.4 Å². The summed E-state index contributed by atoms with van der Waals surface area (Å²) in [5.41, 5.74) is 7.94. The highest BCUT2D eigenvalue weighted by Gasteiger charge is 2.10. The van der Waals surface area contributed by atoms with Gasteiger partial charge in [-0.15, -0.1) is 0 Å². The van der Waals surface area contributed by atoms with Gasteiger partial charge >= 0.3 is 12.1 Å². The van der Waals surface area contributed by atoms with Crippen molar-refractivity contribution in [1.82, 2.24) is 5.32 Å². The molecule has 21 heavy (non-hydrogen) atoms. The molecule has 0 spiro atoms. The Hall–Kier alpha value is -1.82. The molecule has 0 radical (unpaired) electrons. The number of carbonyl (C=O) groups is 2. The molecule has 6 heteroatoms. The molecule has 0 aliphatic heterocycles. The molecule has 1 atom stereocenters. The van der Waals surface area contributed by atoms with Crippen molar-refractivity contribution in [3.8, 4) is 0 Å². The second-order valence-electron chi connectivity index (χ2n) is 5.15. The van der Waals surface area contributed by atoms with E-state index in [1.807, 2.05) is 0 Å². The van der Waals surface area contributed by atoms with Crippen molar-refractivity contribution >= 4 is 12.1 Å². The van der Waals surface area contributed by atoms with E-state index in [1.165, 1.54) is 11.1 Å². The summed E-state index contributed by atoms with van der Waals surface area (Å²) in [6.45, 7) is 2.90. The topological polar surface area (TPSA) is 102 Å². The number of amides is 1. The fraction of sp³-hybridized carbons (Fsp3) is 0.600. The van der Waals surface area contributed by atoms with Gasteiger partial charge in [0.2, 0.25) is 0 Å². The molecule has 1 amide bonds. The van der Waals surface area contributed by atoms with Gasteiger partial charge in [-0.3, -0.25) is 4.79 Å². The van der Waals surface area contributed by atoms with E-state index in [4.69, 9.17) is 15.6 Å². The predicted octanol–water partition coefficient (Wildman–Crippen LogP) is 1.96. The molecule has 0 saturated carbocycles. The molecule has 1 aliphatic carbocycles. The van der Waals surface area contributed by atoms with E-state index in [0.717, 1.165) is 12.8 Å². The molecule has 1 aliphatic rings. The van der Waals surface area contributed by atoms with E-state index in [9.17, 15) is 9.59 Å². The molecule has 0 aromatic carbocycles. The van der Waals surface area contributed by atoms with Crippen molar-refractivity contribution in [2.75, 3.05) is 13.2 Å². The van der Waals surface area contributed by atoms with E-state index in [-0.39, 0.29) is 0 Å². The van der Waals surface area contributed by atoms with E-state index < -0.39 is 18.1 Å². The number of carboxylic acids is 1. The van der Waals surface area contributed by atoms with Gasteiger partial charge in [-0.1, -0.05) is 23.3 Å². The van der Waals surface area contributed by atoms with E-state index in [1.54, 1.807) is 0 Å². The molecule has 1 rings (SSSR count). The van der Waals surface area contributed by atoms with Crippen LogP contribution in [0.3, 0.4) is 0 Å². The van der Waals surface area contributed by atoms with Gasteiger partial charge in [-0.2, -0.15) is 0 Å². The number of alkyl carbamates (subject to hydrolysis) is 1. The minimum Gasteiger partial charge on any atom is -0.480 e. The SMILES string of the molecule is CC1=C(CCOC(=O)NCCCC[C@H](N)C(=O)O)CC=C1. The Labute approximate surface area is 125 Å². The van der Waals surface area contributed by atoms with Crippen LogP contribution in [0.4, 0.5) is 4.79 Å². The first kappa shape index (κ1) is 17.2. The molecule has 0 heterocycles. The first-order valence-corrected chi connectivity index (χ1v) is 7.25. The van der Waals surface area contributed by atoms with Crippen molar-refractivity contribution in [2.45, 2.75) is 45.1 Å². The summed E-state index contributed by atoms with van der Waals surface area (Å²) in [7, 11) is 0. The average molecular weight is 296 g/mol. The largest absolute Gasteiger partial charge is 0.480 e. The zero-order valence-electron chi connectivity index (χ0n) is 12.4. The molecule has 0 unspecified atom stereocenters. The molecule has 0 aromatic rings. The Morgan fingerprint density at radius 3 is 2.86 bits per heavy atom. The molecular formula is C15H24N2O4. The first-order valence-electron chi connectivity index (χ1n) is 7.25. The Morgan fingerprint density at radius 1 is 1.48 bits per heavy atom. The standard InChI is InChI=1S/C15H24N2O4/c1-11-5-4-6-12(11)8-10-21-15(20)17-9-3-2-7-13(16)14(18)19/h4-5,13H,2-3,6-10,16H2,1H3,(H,17,20)(H,18,19)/t13-/m0/s1. The minimum atomic E-state index is -0.992. The van der Waals surface area contributed by atoms with Crippen molar-refractivity contribution in [3.63, 3.8) is 0 Å². The second-order valence-corrected chi connectivity index (χ2v) is 5.15. The molecule has 0 aromatic heterocycles. The summed E-state index contributed by atoms with van der Waals surface area (Å²) in [5.74, 6) is -0.992. The average Bonchev–Trinajstić information content (AvgIpc) is 2.83. The van der Waals surface area contributed by atoms with Crippen molar-refractivity contribution in [3.05, 3.63) is 23.3 Å². The zero-order chi connectivity index (χ0) is 15.7. The quantitative estimate of drug-likeness (QED) is 0.565. The Bertz CT molecular complexity index is 429. The van der Waals surface area contributed by atoms with Gasteiger partial charge in [-0.25, -0.2) is 4.79 Å². The number of nitrogens with two attached hydrogens (primary N) is 1. The Kier molecular flexibility index (Phi) is 7.53. The Balaban J connectivity index is 1.99. The van der Waals surface area contributed by atoms with Crippen LogP contribution in [0.25, 0.3) is 0 Å². The summed E-state index contributed by atoms with van der Waals surface area (Å²) in [4.78, 5) is 21.9. The van der Waals surface area contributed by atoms with Gasteiger partial charge in [0.05, 0.1) is 6.61 Å². The molecule has 6 nitrogen and oxygen atoms in total. The number of carbonyl (C=O) groups excluding carboxylic acids is 1. The number of allylic oxidation sites excluding steroid dienone is 3. The lowest BCUT2D eigenvalue weighted by Gasteiger charge is -2.09. The molecule has 0 saturated heterocycles. The van der Waals surface area contributed by atoms with Gasteiger partial charge < -0.3 is 20.9 Å². The van der Waals surface area contributed by atoms with Gasteiger partial charge in [0.1, 0.15) is 6.04 Å². The molecule has 0 fully saturated rings. The fourth-order valence-electron chi connectivity index (χ4n) is 2.08. The number of nitrogens with one attached hydrogen (secondary N) is 1. The Morgan fingerprint density at radius 2 is 2.24 bits per heavy atom. The molecule has 0 bridgehead atoms. The van der Waals surface area contributed by atoms with Crippen LogP contribution in [0, 0.1) is 0 Å². The van der Waals surface area contributed by atoms with Gasteiger partial charge in [0.25, 0.3) is 0 Å². The maximum Gasteiger partial charge on any atom is 0.407 e. The predicted molar refractivity (Wildman–Crippen MR) is 79.9 cm³/mol. The maximum atomic E-state index is 11.4. The van der Waals surface area contributed by atoms with E-state index >= 15 is 0 Å². The number of rotatable bonds is 9. The monoisotopic (exact) mass is 296 g/mol. The van der Waals surface area contributed by atoms with Gasteiger partial charge in [0.15, 0.2) is 0 Å². The summed E-state index contributed by atoms with van der Waals surface area (Å²) >= 11 is 0. The third-order valence-corrected chi connectivity index (χ3v) is 3.46. The number of hydrogen-bond donors (Lipinski definition) is 3. The normalized spacial score (nSPS) is 15.1. The van der Waals surface area contributed by atoms with Crippen LogP contribution in [0.1, 0.15) is 39.0 Å². The number of hydrogen-bond acceptors (Lipinski definition) is 4. The van der Waals surface area contributed by atoms with E-state index in [2.05, 4.69) is 24.4 Å². The summed E-state index contributed by atoms with van der Waals surface area (Å²) in [5, 5.41) is 11.3. The van der Waals surface area contributed by atoms with Gasteiger partial charge in [0, 0.05) is 13.0 Å². The van der Waals surface area contributed by atoms with Crippen LogP contribution in [-0.2, 0) is 9.53 Å². The second kappa shape index (κ2) is 9.18. The third kappa shape index (κ3) is 6.94. The third-order valence-electron chi connectivity index (χ3n) is 3.46. The number of carboxylic acid groups (broad SMARTS) is 1.